The molecule has 0 heterocycles. The zero-order valence-corrected chi connectivity index (χ0v) is 8.89. The molecule has 1 unspecified atom stereocenters. The molecule has 4 N–H and O–H groups in total. The average Bonchev–Trinajstić information content (AvgIpc) is 1.83. The molecule has 0 bridgehead atoms. The molecule has 1 rings (SSSR count). The summed E-state index contributed by atoms with van der Waals surface area (Å²) in [5, 5.41) is 0. The van der Waals surface area contributed by atoms with Crippen LogP contribution in [-0.4, -0.2) is 17.7 Å². The first-order chi connectivity index (χ1) is 5.35. The molecule has 13 heavy (non-hydrogen) atoms. The topological polar surface area (TPSA) is 93.7 Å². The van der Waals surface area contributed by atoms with Crippen molar-refractivity contribution in [1.29, 1.82) is 0 Å². The number of allylic oxidation sites excluding steroid dienone is 3. The largest absolute Gasteiger partial charge is 0.747 e. The normalized spacial score (nSPS) is 27.8. The molecule has 0 aromatic carbocycles. The molecule has 1 aliphatic rings. The van der Waals surface area contributed by atoms with Crippen LogP contribution in [0.3, 0.4) is 0 Å². The van der Waals surface area contributed by atoms with Crippen molar-refractivity contribution in [3.63, 3.8) is 0 Å². The molecule has 0 amide bonds. The highest BCUT2D eigenvalue weighted by molar-refractivity contribution is 7.87. The second kappa shape index (κ2) is 3.61. The second-order valence-corrected chi connectivity index (χ2v) is 5.16. The lowest BCUT2D eigenvalue weighted by molar-refractivity contribution is 0.432. The third kappa shape index (κ3) is 2.40. The Labute approximate surface area is 78.7 Å². The van der Waals surface area contributed by atoms with Crippen LogP contribution < -0.4 is 6.15 Å². The van der Waals surface area contributed by atoms with E-state index in [1.807, 2.05) is 13.0 Å². The average molecular weight is 205 g/mol. The molecule has 0 spiro atoms. The van der Waals surface area contributed by atoms with E-state index >= 15 is 0 Å². The lowest BCUT2D eigenvalue weighted by atomic mass is 9.96. The van der Waals surface area contributed by atoms with Crippen LogP contribution in [0.25, 0.3) is 0 Å². The highest BCUT2D eigenvalue weighted by Crippen LogP contribution is 2.29. The summed E-state index contributed by atoms with van der Waals surface area (Å²) < 4.78 is 31.2. The Morgan fingerprint density at radius 2 is 2.08 bits per heavy atom. The van der Waals surface area contributed by atoms with Gasteiger partial charge in [-0.2, -0.15) is 0 Å². The van der Waals surface area contributed by atoms with Gasteiger partial charge in [0.1, 0.15) is 10.1 Å². The second-order valence-electron chi connectivity index (χ2n) is 3.32. The predicted molar refractivity (Wildman–Crippen MR) is 51.6 cm³/mol. The van der Waals surface area contributed by atoms with Crippen LogP contribution in [0.1, 0.15) is 20.3 Å². The summed E-state index contributed by atoms with van der Waals surface area (Å²) in [7, 11) is -4.24. The van der Waals surface area contributed by atoms with Crippen molar-refractivity contribution < 1.29 is 13.0 Å². The zero-order valence-electron chi connectivity index (χ0n) is 8.07. The first-order valence-corrected chi connectivity index (χ1v) is 5.06. The molecule has 0 saturated carbocycles. The number of hydrogen-bond donors (Lipinski definition) is 1. The minimum atomic E-state index is -4.24. The van der Waals surface area contributed by atoms with Crippen molar-refractivity contribution in [3.8, 4) is 0 Å². The van der Waals surface area contributed by atoms with Crippen molar-refractivity contribution in [2.24, 2.45) is 0 Å². The van der Waals surface area contributed by atoms with Gasteiger partial charge in [-0.25, -0.2) is 8.42 Å². The molecule has 1 atom stereocenters. The Bertz CT molecular complexity index is 342. The molecule has 0 aromatic heterocycles. The van der Waals surface area contributed by atoms with Gasteiger partial charge in [0.2, 0.25) is 0 Å². The number of rotatable bonds is 1. The Kier molecular flexibility index (Phi) is 3.43. The van der Waals surface area contributed by atoms with Gasteiger partial charge >= 0.3 is 0 Å². The Morgan fingerprint density at radius 3 is 2.38 bits per heavy atom. The molecule has 0 aliphatic heterocycles. The maximum atomic E-state index is 10.8. The quantitative estimate of drug-likeness (QED) is 0.658. The summed E-state index contributed by atoms with van der Waals surface area (Å²) in [6.45, 7) is 3.26. The molecule has 4 nitrogen and oxygen atoms in total. The van der Waals surface area contributed by atoms with E-state index in [4.69, 9.17) is 0 Å². The van der Waals surface area contributed by atoms with Gasteiger partial charge in [-0.3, -0.25) is 0 Å². The lowest BCUT2D eigenvalue weighted by Gasteiger charge is -2.31. The fourth-order valence-electron chi connectivity index (χ4n) is 1.26. The zero-order chi connectivity index (χ0) is 9.41. The van der Waals surface area contributed by atoms with Crippen LogP contribution in [0.4, 0.5) is 0 Å². The summed E-state index contributed by atoms with van der Waals surface area (Å²) in [4.78, 5) is 0. The van der Waals surface area contributed by atoms with Gasteiger partial charge in [-0.05, 0) is 20.3 Å². The molecular formula is C8H15NO3S. The lowest BCUT2D eigenvalue weighted by Crippen LogP contribution is -2.34. The van der Waals surface area contributed by atoms with Crippen molar-refractivity contribution in [2.45, 2.75) is 25.0 Å². The maximum Gasteiger partial charge on any atom is 0.104 e. The monoisotopic (exact) mass is 205 g/mol. The fourth-order valence-corrected chi connectivity index (χ4v) is 1.91. The van der Waals surface area contributed by atoms with Crippen molar-refractivity contribution in [2.75, 3.05) is 0 Å². The SMILES string of the molecule is CC1=CC=CC(C)(S(=O)(=O)[O-])C1.[NH4+]. The summed E-state index contributed by atoms with van der Waals surface area (Å²) in [6, 6.07) is 0. The Balaban J connectivity index is 0.00000144. The third-order valence-electron chi connectivity index (χ3n) is 2.03. The summed E-state index contributed by atoms with van der Waals surface area (Å²) >= 11 is 0. The van der Waals surface area contributed by atoms with Gasteiger partial charge in [0.05, 0.1) is 4.75 Å². The number of quaternary nitrogens is 1. The summed E-state index contributed by atoms with van der Waals surface area (Å²) in [5.74, 6) is 0. The standard InChI is InChI=1S/C8H12O3S.H3N/c1-7-4-3-5-8(2,6-7)12(9,10)11;/h3-5H,6H2,1-2H3,(H,9,10,11);1H3. The minimum Gasteiger partial charge on any atom is -0.747 e. The highest BCUT2D eigenvalue weighted by Gasteiger charge is 2.30. The van der Waals surface area contributed by atoms with Gasteiger partial charge in [0, 0.05) is 0 Å². The van der Waals surface area contributed by atoms with Crippen LogP contribution in [0.2, 0.25) is 0 Å². The first kappa shape index (κ1) is 12.3. The van der Waals surface area contributed by atoms with Gasteiger partial charge in [-0.15, -0.1) is 0 Å². The van der Waals surface area contributed by atoms with Gasteiger partial charge < -0.3 is 10.7 Å². The minimum absolute atomic E-state index is 0. The van der Waals surface area contributed by atoms with Gasteiger partial charge in [0.15, 0.2) is 0 Å². The van der Waals surface area contributed by atoms with E-state index in [1.165, 1.54) is 13.0 Å². The van der Waals surface area contributed by atoms with E-state index in [1.54, 1.807) is 6.08 Å². The highest BCUT2D eigenvalue weighted by atomic mass is 32.2. The first-order valence-electron chi connectivity index (χ1n) is 3.66. The molecular weight excluding hydrogens is 190 g/mol. The van der Waals surface area contributed by atoms with Crippen molar-refractivity contribution in [3.05, 3.63) is 23.8 Å². The van der Waals surface area contributed by atoms with Crippen LogP contribution in [0.5, 0.6) is 0 Å². The molecule has 0 aromatic rings. The summed E-state index contributed by atoms with van der Waals surface area (Å²) in [6.07, 6.45) is 5.18. The van der Waals surface area contributed by atoms with E-state index in [0.29, 0.717) is 6.42 Å². The van der Waals surface area contributed by atoms with E-state index in [0.717, 1.165) is 5.57 Å². The molecule has 1 aliphatic carbocycles. The number of hydrogen-bond acceptors (Lipinski definition) is 3. The van der Waals surface area contributed by atoms with Gasteiger partial charge in [0.25, 0.3) is 0 Å². The van der Waals surface area contributed by atoms with E-state index < -0.39 is 14.9 Å². The van der Waals surface area contributed by atoms with Gasteiger partial charge in [-0.1, -0.05) is 23.8 Å². The molecule has 0 fully saturated rings. The van der Waals surface area contributed by atoms with Crippen LogP contribution in [0.15, 0.2) is 23.8 Å². The predicted octanol–water partition coefficient (Wildman–Crippen LogP) is 1.57. The van der Waals surface area contributed by atoms with E-state index in [9.17, 15) is 13.0 Å². The van der Waals surface area contributed by atoms with E-state index in [-0.39, 0.29) is 6.15 Å². The molecule has 0 saturated heterocycles. The van der Waals surface area contributed by atoms with Crippen LogP contribution in [-0.2, 0) is 10.1 Å². The van der Waals surface area contributed by atoms with Crippen molar-refractivity contribution in [1.82, 2.24) is 6.15 Å². The van der Waals surface area contributed by atoms with Crippen molar-refractivity contribution >= 4 is 10.1 Å². The molecule has 76 valence electrons. The van der Waals surface area contributed by atoms with Crippen LogP contribution in [0, 0.1) is 0 Å². The van der Waals surface area contributed by atoms with E-state index in [2.05, 4.69) is 0 Å². The Hall–Kier alpha value is -0.650. The summed E-state index contributed by atoms with van der Waals surface area (Å²) in [5.41, 5.74) is 0.916. The molecule has 5 heteroatoms. The third-order valence-corrected chi connectivity index (χ3v) is 3.45. The maximum absolute atomic E-state index is 10.8. The smallest absolute Gasteiger partial charge is 0.104 e. The molecule has 0 radical (unpaired) electrons. The fraction of sp³-hybridized carbons (Fsp3) is 0.500. The van der Waals surface area contributed by atoms with Crippen LogP contribution >= 0.6 is 0 Å². The Morgan fingerprint density at radius 1 is 1.54 bits per heavy atom.